The van der Waals surface area contributed by atoms with Gasteiger partial charge < -0.3 is 16.0 Å². The summed E-state index contributed by atoms with van der Waals surface area (Å²) in [5, 5.41) is 3.22. The van der Waals surface area contributed by atoms with Crippen LogP contribution in [0.15, 0.2) is 29.1 Å². The molecule has 0 amide bonds. The van der Waals surface area contributed by atoms with Crippen LogP contribution >= 0.6 is 0 Å². The first kappa shape index (κ1) is 13.6. The second-order valence-corrected chi connectivity index (χ2v) is 4.87. The van der Waals surface area contributed by atoms with Crippen molar-refractivity contribution in [3.63, 3.8) is 0 Å². The monoisotopic (exact) mass is 289 g/mol. The Kier molecular flexibility index (Phi) is 3.57. The third-order valence-corrected chi connectivity index (χ3v) is 3.49. The third kappa shape index (κ3) is 2.59. The van der Waals surface area contributed by atoms with E-state index < -0.39 is 11.4 Å². The maximum Gasteiger partial charge on any atom is 0.262 e. The van der Waals surface area contributed by atoms with Gasteiger partial charge in [-0.05, 0) is 6.07 Å². The molecule has 4 N–H and O–H groups in total. The van der Waals surface area contributed by atoms with E-state index in [1.54, 1.807) is 12.1 Å². The molecule has 0 aliphatic carbocycles. The molecule has 3 rings (SSSR count). The standard InChI is InChI=1S/C14H16FN5O/c15-10-4-2-1-3-9(10)11-12(16)18-14(19-13(11)21)20-7-5-17-6-8-20/h1-4,17H,5-8H2,(H3,16,18,19,21). The van der Waals surface area contributed by atoms with Crippen molar-refractivity contribution < 1.29 is 4.39 Å². The highest BCUT2D eigenvalue weighted by Crippen LogP contribution is 2.24. The highest BCUT2D eigenvalue weighted by molar-refractivity contribution is 5.74. The Hall–Kier alpha value is -2.41. The van der Waals surface area contributed by atoms with Crippen LogP contribution in [0.4, 0.5) is 16.2 Å². The molecular formula is C14H16FN5O. The number of halogens is 1. The van der Waals surface area contributed by atoms with E-state index in [0.717, 1.165) is 26.2 Å². The lowest BCUT2D eigenvalue weighted by Gasteiger charge is -2.28. The van der Waals surface area contributed by atoms with Gasteiger partial charge in [0.1, 0.15) is 11.6 Å². The molecule has 2 aromatic rings. The van der Waals surface area contributed by atoms with Gasteiger partial charge in [-0.25, -0.2) is 4.39 Å². The summed E-state index contributed by atoms with van der Waals surface area (Å²) >= 11 is 0. The van der Waals surface area contributed by atoms with E-state index in [1.165, 1.54) is 12.1 Å². The zero-order valence-electron chi connectivity index (χ0n) is 11.4. The Labute approximate surface area is 120 Å². The smallest absolute Gasteiger partial charge is 0.262 e. The Morgan fingerprint density at radius 3 is 2.62 bits per heavy atom. The third-order valence-electron chi connectivity index (χ3n) is 3.49. The summed E-state index contributed by atoms with van der Waals surface area (Å²) in [5.74, 6) is -0.0251. The maximum atomic E-state index is 13.8. The quantitative estimate of drug-likeness (QED) is 0.752. The van der Waals surface area contributed by atoms with Crippen molar-refractivity contribution in [1.29, 1.82) is 0 Å². The molecular weight excluding hydrogens is 273 g/mol. The second kappa shape index (κ2) is 5.53. The average molecular weight is 289 g/mol. The minimum atomic E-state index is -0.494. The molecule has 0 radical (unpaired) electrons. The zero-order chi connectivity index (χ0) is 14.8. The van der Waals surface area contributed by atoms with E-state index in [1.807, 2.05) is 4.90 Å². The number of H-pyrrole nitrogens is 1. The molecule has 7 heteroatoms. The largest absolute Gasteiger partial charge is 0.383 e. The number of benzene rings is 1. The highest BCUT2D eigenvalue weighted by atomic mass is 19.1. The van der Waals surface area contributed by atoms with Gasteiger partial charge in [0.25, 0.3) is 5.56 Å². The number of nitrogens with zero attached hydrogens (tertiary/aromatic N) is 2. The summed E-state index contributed by atoms with van der Waals surface area (Å²) in [5.41, 5.74) is 5.70. The first-order chi connectivity index (χ1) is 10.2. The summed E-state index contributed by atoms with van der Waals surface area (Å²) in [7, 11) is 0. The van der Waals surface area contributed by atoms with Gasteiger partial charge in [0.15, 0.2) is 0 Å². The molecule has 1 aromatic carbocycles. The molecule has 110 valence electrons. The van der Waals surface area contributed by atoms with Crippen LogP contribution in [0.1, 0.15) is 0 Å². The number of piperazine rings is 1. The number of hydrogen-bond donors (Lipinski definition) is 3. The van der Waals surface area contributed by atoms with Crippen LogP contribution < -0.4 is 21.5 Å². The summed E-state index contributed by atoms with van der Waals surface area (Å²) < 4.78 is 13.8. The number of nitrogen functional groups attached to an aromatic ring is 1. The molecule has 2 heterocycles. The SMILES string of the molecule is Nc1nc(N2CCNCC2)[nH]c(=O)c1-c1ccccc1F. The normalized spacial score (nSPS) is 15.2. The van der Waals surface area contributed by atoms with Crippen LogP contribution in [0, 0.1) is 5.82 Å². The minimum Gasteiger partial charge on any atom is -0.383 e. The van der Waals surface area contributed by atoms with E-state index in [2.05, 4.69) is 15.3 Å². The number of rotatable bonds is 2. The summed E-state index contributed by atoms with van der Waals surface area (Å²) in [6.07, 6.45) is 0. The fourth-order valence-electron chi connectivity index (χ4n) is 2.43. The summed E-state index contributed by atoms with van der Waals surface area (Å²) in [6, 6.07) is 6.02. The van der Waals surface area contributed by atoms with Crippen molar-refractivity contribution in [2.45, 2.75) is 0 Å². The fraction of sp³-hybridized carbons (Fsp3) is 0.286. The predicted molar refractivity (Wildman–Crippen MR) is 79.7 cm³/mol. The van der Waals surface area contributed by atoms with Crippen molar-refractivity contribution >= 4 is 11.8 Å². The van der Waals surface area contributed by atoms with Crippen molar-refractivity contribution in [3.8, 4) is 11.1 Å². The molecule has 0 unspecified atom stereocenters. The van der Waals surface area contributed by atoms with Crippen LogP contribution in [0.2, 0.25) is 0 Å². The fourth-order valence-corrected chi connectivity index (χ4v) is 2.43. The Bertz CT molecular complexity index is 709. The number of aromatic nitrogens is 2. The molecule has 1 saturated heterocycles. The molecule has 6 nitrogen and oxygen atoms in total. The minimum absolute atomic E-state index is 0.0392. The molecule has 0 bridgehead atoms. The Morgan fingerprint density at radius 2 is 1.95 bits per heavy atom. The molecule has 1 aliphatic heterocycles. The highest BCUT2D eigenvalue weighted by Gasteiger charge is 2.18. The second-order valence-electron chi connectivity index (χ2n) is 4.87. The lowest BCUT2D eigenvalue weighted by Crippen LogP contribution is -2.44. The Balaban J connectivity index is 2.05. The van der Waals surface area contributed by atoms with Crippen LogP contribution in [0.25, 0.3) is 11.1 Å². The first-order valence-corrected chi connectivity index (χ1v) is 6.77. The number of anilines is 2. The van der Waals surface area contributed by atoms with Crippen LogP contribution in [0.5, 0.6) is 0 Å². The van der Waals surface area contributed by atoms with E-state index in [0.29, 0.717) is 5.95 Å². The van der Waals surface area contributed by atoms with Crippen molar-refractivity contribution in [1.82, 2.24) is 15.3 Å². The van der Waals surface area contributed by atoms with Crippen LogP contribution in [-0.4, -0.2) is 36.1 Å². The topological polar surface area (TPSA) is 87.0 Å². The number of nitrogens with two attached hydrogens (primary N) is 1. The number of aromatic amines is 1. The van der Waals surface area contributed by atoms with Gasteiger partial charge in [-0.15, -0.1) is 0 Å². The summed E-state index contributed by atoms with van der Waals surface area (Å²) in [4.78, 5) is 21.1. The lowest BCUT2D eigenvalue weighted by atomic mass is 10.1. The van der Waals surface area contributed by atoms with Crippen molar-refractivity contribution in [2.75, 3.05) is 36.8 Å². The molecule has 1 aliphatic rings. The molecule has 1 fully saturated rings. The summed E-state index contributed by atoms with van der Waals surface area (Å²) in [6.45, 7) is 3.11. The van der Waals surface area contributed by atoms with Crippen LogP contribution in [0.3, 0.4) is 0 Å². The molecule has 1 aromatic heterocycles. The predicted octanol–water partition coefficient (Wildman–Crippen LogP) is 0.568. The van der Waals surface area contributed by atoms with Gasteiger partial charge in [-0.2, -0.15) is 4.98 Å². The van der Waals surface area contributed by atoms with Gasteiger partial charge in [-0.3, -0.25) is 9.78 Å². The van der Waals surface area contributed by atoms with Crippen molar-refractivity contribution in [3.05, 3.63) is 40.4 Å². The van der Waals surface area contributed by atoms with Gasteiger partial charge in [0, 0.05) is 31.7 Å². The maximum absolute atomic E-state index is 13.8. The Morgan fingerprint density at radius 1 is 1.24 bits per heavy atom. The van der Waals surface area contributed by atoms with Gasteiger partial charge in [0.05, 0.1) is 5.56 Å². The molecule has 0 saturated carbocycles. The zero-order valence-corrected chi connectivity index (χ0v) is 11.4. The van der Waals surface area contributed by atoms with Gasteiger partial charge in [0.2, 0.25) is 5.95 Å². The van der Waals surface area contributed by atoms with Crippen LogP contribution in [-0.2, 0) is 0 Å². The average Bonchev–Trinajstić information content (AvgIpc) is 2.49. The van der Waals surface area contributed by atoms with E-state index in [9.17, 15) is 9.18 Å². The molecule has 0 spiro atoms. The lowest BCUT2D eigenvalue weighted by molar-refractivity contribution is 0.579. The first-order valence-electron chi connectivity index (χ1n) is 6.77. The van der Waals surface area contributed by atoms with E-state index in [-0.39, 0.29) is 16.9 Å². The van der Waals surface area contributed by atoms with Crippen molar-refractivity contribution in [2.24, 2.45) is 0 Å². The van der Waals surface area contributed by atoms with E-state index >= 15 is 0 Å². The van der Waals surface area contributed by atoms with Gasteiger partial charge >= 0.3 is 0 Å². The number of nitrogens with one attached hydrogen (secondary N) is 2. The van der Waals surface area contributed by atoms with Gasteiger partial charge in [-0.1, -0.05) is 18.2 Å². The molecule has 0 atom stereocenters. The van der Waals surface area contributed by atoms with E-state index in [4.69, 9.17) is 5.73 Å². The molecule has 21 heavy (non-hydrogen) atoms. The number of hydrogen-bond acceptors (Lipinski definition) is 5.